The zero-order valence-corrected chi connectivity index (χ0v) is 15.4. The summed E-state index contributed by atoms with van der Waals surface area (Å²) in [6.45, 7) is 5.86. The van der Waals surface area contributed by atoms with Gasteiger partial charge >= 0.3 is 0 Å². The Bertz CT molecular complexity index is 711. The Hall–Kier alpha value is -1.43. The van der Waals surface area contributed by atoms with Gasteiger partial charge in [-0.05, 0) is 47.7 Å². The fourth-order valence-corrected chi connectivity index (χ4v) is 3.38. The first kappa shape index (κ1) is 16.4. The Morgan fingerprint density at radius 2 is 1.96 bits per heavy atom. The zero-order valence-electron chi connectivity index (χ0n) is 13.8. The third-order valence-electron chi connectivity index (χ3n) is 4.49. The molecular weight excluding hydrogens is 356 g/mol. The molecule has 3 rings (SSSR count). The molecule has 0 atom stereocenters. The average Bonchev–Trinajstić information content (AvgIpc) is 2.90. The van der Waals surface area contributed by atoms with Crippen molar-refractivity contribution >= 4 is 33.0 Å². The van der Waals surface area contributed by atoms with Crippen LogP contribution in [0.2, 0.25) is 0 Å². The zero-order chi connectivity index (χ0) is 16.6. The van der Waals surface area contributed by atoms with Crippen molar-refractivity contribution in [1.82, 2.24) is 19.9 Å². The van der Waals surface area contributed by atoms with E-state index in [1.807, 2.05) is 39.4 Å². The standard InChI is InChI=1S/C17H23BrN4O/c1-17(2,3)16(23)21-12-4-6-13(7-5-12)22-10-20-14-8-11(18)9-19-15(14)22/h8-10,12-13H,4-7H2,1-3H3,(H,21,23). The summed E-state index contributed by atoms with van der Waals surface area (Å²) < 4.78 is 3.13. The van der Waals surface area contributed by atoms with Gasteiger partial charge in [-0.3, -0.25) is 4.79 Å². The van der Waals surface area contributed by atoms with E-state index in [1.54, 1.807) is 0 Å². The first-order chi connectivity index (χ1) is 10.8. The lowest BCUT2D eigenvalue weighted by Gasteiger charge is -2.31. The van der Waals surface area contributed by atoms with Crippen molar-refractivity contribution in [3.63, 3.8) is 0 Å². The molecule has 23 heavy (non-hydrogen) atoms. The lowest BCUT2D eigenvalue weighted by atomic mass is 9.89. The molecule has 1 saturated carbocycles. The fourth-order valence-electron chi connectivity index (χ4n) is 3.06. The predicted molar refractivity (Wildman–Crippen MR) is 94.1 cm³/mol. The van der Waals surface area contributed by atoms with Gasteiger partial charge < -0.3 is 9.88 Å². The minimum atomic E-state index is -0.325. The summed E-state index contributed by atoms with van der Waals surface area (Å²) in [6.07, 6.45) is 7.79. The van der Waals surface area contributed by atoms with E-state index in [4.69, 9.17) is 0 Å². The third kappa shape index (κ3) is 3.57. The molecule has 0 radical (unpaired) electrons. The number of halogens is 1. The number of carbonyl (C=O) groups is 1. The second kappa shape index (κ2) is 6.23. The molecule has 2 aromatic rings. The highest BCUT2D eigenvalue weighted by Gasteiger charge is 2.28. The number of amides is 1. The first-order valence-electron chi connectivity index (χ1n) is 8.13. The molecule has 5 nitrogen and oxygen atoms in total. The van der Waals surface area contributed by atoms with E-state index in [1.165, 1.54) is 0 Å². The number of rotatable bonds is 2. The maximum Gasteiger partial charge on any atom is 0.225 e. The Labute approximate surface area is 145 Å². The van der Waals surface area contributed by atoms with Crippen molar-refractivity contribution in [1.29, 1.82) is 0 Å². The van der Waals surface area contributed by atoms with Crippen molar-refractivity contribution < 1.29 is 4.79 Å². The molecule has 0 aromatic carbocycles. The number of fused-ring (bicyclic) bond motifs is 1. The summed E-state index contributed by atoms with van der Waals surface area (Å²) in [6, 6.07) is 2.69. The molecule has 0 saturated heterocycles. The van der Waals surface area contributed by atoms with Gasteiger partial charge in [0.05, 0.1) is 6.33 Å². The number of hydrogen-bond acceptors (Lipinski definition) is 3. The molecule has 1 amide bonds. The molecule has 1 aliphatic carbocycles. The number of nitrogens with zero attached hydrogens (tertiary/aromatic N) is 3. The predicted octanol–water partition coefficient (Wildman–Crippen LogP) is 3.84. The SMILES string of the molecule is CC(C)(C)C(=O)NC1CCC(n2cnc3cc(Br)cnc32)CC1. The van der Waals surface area contributed by atoms with Gasteiger partial charge in [-0.25, -0.2) is 9.97 Å². The summed E-state index contributed by atoms with van der Waals surface area (Å²) in [5.41, 5.74) is 1.53. The van der Waals surface area contributed by atoms with Gasteiger partial charge in [0.25, 0.3) is 0 Å². The topological polar surface area (TPSA) is 59.8 Å². The maximum atomic E-state index is 12.1. The van der Waals surface area contributed by atoms with Crippen molar-refractivity contribution in [3.8, 4) is 0 Å². The van der Waals surface area contributed by atoms with E-state index in [0.717, 1.165) is 41.3 Å². The molecule has 1 aliphatic rings. The Morgan fingerprint density at radius 1 is 1.26 bits per heavy atom. The van der Waals surface area contributed by atoms with Gasteiger partial charge in [0.15, 0.2) is 5.65 Å². The molecule has 1 N–H and O–H groups in total. The highest BCUT2D eigenvalue weighted by atomic mass is 79.9. The second-order valence-corrected chi connectivity index (χ2v) is 8.29. The summed E-state index contributed by atoms with van der Waals surface area (Å²) in [4.78, 5) is 21.1. The lowest BCUT2D eigenvalue weighted by molar-refractivity contribution is -0.129. The number of imidazole rings is 1. The van der Waals surface area contributed by atoms with Crippen LogP contribution in [0.3, 0.4) is 0 Å². The smallest absolute Gasteiger partial charge is 0.225 e. The van der Waals surface area contributed by atoms with E-state index in [9.17, 15) is 4.79 Å². The Kier molecular flexibility index (Phi) is 4.45. The number of aromatic nitrogens is 3. The van der Waals surface area contributed by atoms with Crippen LogP contribution in [0.1, 0.15) is 52.5 Å². The van der Waals surface area contributed by atoms with Crippen LogP contribution in [0, 0.1) is 5.41 Å². The minimum Gasteiger partial charge on any atom is -0.353 e. The van der Waals surface area contributed by atoms with Gasteiger partial charge in [-0.15, -0.1) is 0 Å². The van der Waals surface area contributed by atoms with Gasteiger partial charge in [-0.1, -0.05) is 20.8 Å². The van der Waals surface area contributed by atoms with Crippen LogP contribution in [0.4, 0.5) is 0 Å². The summed E-state index contributed by atoms with van der Waals surface area (Å²) in [5, 5.41) is 3.18. The highest BCUT2D eigenvalue weighted by Crippen LogP contribution is 2.31. The summed E-state index contributed by atoms with van der Waals surface area (Å²) in [5.74, 6) is 0.139. The van der Waals surface area contributed by atoms with Crippen LogP contribution in [0.5, 0.6) is 0 Å². The molecule has 0 bridgehead atoms. The third-order valence-corrected chi connectivity index (χ3v) is 4.92. The van der Waals surface area contributed by atoms with Crippen molar-refractivity contribution in [2.24, 2.45) is 5.41 Å². The number of carbonyl (C=O) groups excluding carboxylic acids is 1. The van der Waals surface area contributed by atoms with Crippen molar-refractivity contribution in [2.45, 2.75) is 58.5 Å². The van der Waals surface area contributed by atoms with Gasteiger partial charge in [0.2, 0.25) is 5.91 Å². The van der Waals surface area contributed by atoms with Crippen LogP contribution in [0.25, 0.3) is 11.2 Å². The number of hydrogen-bond donors (Lipinski definition) is 1. The van der Waals surface area contributed by atoms with Crippen LogP contribution in [-0.4, -0.2) is 26.5 Å². The molecule has 0 unspecified atom stereocenters. The van der Waals surface area contributed by atoms with Gasteiger partial charge in [0.1, 0.15) is 5.52 Å². The maximum absolute atomic E-state index is 12.1. The van der Waals surface area contributed by atoms with E-state index in [-0.39, 0.29) is 17.4 Å². The summed E-state index contributed by atoms with van der Waals surface area (Å²) in [7, 11) is 0. The molecule has 124 valence electrons. The molecule has 6 heteroatoms. The van der Waals surface area contributed by atoms with Gasteiger partial charge in [-0.2, -0.15) is 0 Å². The first-order valence-corrected chi connectivity index (χ1v) is 8.93. The molecule has 0 spiro atoms. The largest absolute Gasteiger partial charge is 0.353 e. The number of nitrogens with one attached hydrogen (secondary N) is 1. The Balaban J connectivity index is 1.65. The van der Waals surface area contributed by atoms with Crippen molar-refractivity contribution in [3.05, 3.63) is 23.1 Å². The minimum absolute atomic E-state index is 0.139. The van der Waals surface area contributed by atoms with Crippen molar-refractivity contribution in [2.75, 3.05) is 0 Å². The average molecular weight is 379 g/mol. The fraction of sp³-hybridized carbons (Fsp3) is 0.588. The normalized spacial score (nSPS) is 22.3. The van der Waals surface area contributed by atoms with E-state index >= 15 is 0 Å². The molecule has 0 aliphatic heterocycles. The lowest BCUT2D eigenvalue weighted by Crippen LogP contribution is -2.43. The molecule has 2 heterocycles. The van der Waals surface area contributed by atoms with Crippen LogP contribution in [-0.2, 0) is 4.79 Å². The molecule has 2 aromatic heterocycles. The van der Waals surface area contributed by atoms with E-state index in [0.29, 0.717) is 6.04 Å². The second-order valence-electron chi connectivity index (χ2n) is 7.38. The highest BCUT2D eigenvalue weighted by molar-refractivity contribution is 9.10. The summed E-state index contributed by atoms with van der Waals surface area (Å²) >= 11 is 3.43. The van der Waals surface area contributed by atoms with E-state index in [2.05, 4.69) is 35.8 Å². The number of pyridine rings is 1. The van der Waals surface area contributed by atoms with Crippen LogP contribution >= 0.6 is 15.9 Å². The quantitative estimate of drug-likeness (QED) is 0.863. The monoisotopic (exact) mass is 378 g/mol. The Morgan fingerprint density at radius 3 is 2.61 bits per heavy atom. The van der Waals surface area contributed by atoms with Gasteiger partial charge in [0, 0.05) is 28.2 Å². The van der Waals surface area contributed by atoms with Crippen LogP contribution in [0.15, 0.2) is 23.1 Å². The molecule has 1 fully saturated rings. The van der Waals surface area contributed by atoms with E-state index < -0.39 is 0 Å². The van der Waals surface area contributed by atoms with Crippen LogP contribution < -0.4 is 5.32 Å². The molecular formula is C17H23BrN4O.